The summed E-state index contributed by atoms with van der Waals surface area (Å²) in [6, 6.07) is 12.7. The zero-order chi connectivity index (χ0) is 18.5. The molecule has 0 bridgehead atoms. The zero-order valence-electron chi connectivity index (χ0n) is 14.6. The summed E-state index contributed by atoms with van der Waals surface area (Å²) in [5.41, 5.74) is 1.75. The van der Waals surface area contributed by atoms with E-state index in [2.05, 4.69) is 16.7 Å². The first-order valence-electron chi connectivity index (χ1n) is 8.62. The van der Waals surface area contributed by atoms with Crippen LogP contribution in [0.3, 0.4) is 0 Å². The van der Waals surface area contributed by atoms with E-state index in [0.29, 0.717) is 16.6 Å². The molecule has 0 radical (unpaired) electrons. The maximum absolute atomic E-state index is 13.3. The van der Waals surface area contributed by atoms with Gasteiger partial charge in [0.05, 0.1) is 13.5 Å². The Hall–Kier alpha value is -2.11. The molecule has 1 fully saturated rings. The second kappa shape index (κ2) is 8.52. The lowest BCUT2D eigenvalue weighted by atomic mass is 9.86. The highest BCUT2D eigenvalue weighted by molar-refractivity contribution is 6.30. The van der Waals surface area contributed by atoms with Gasteiger partial charge in [-0.15, -0.1) is 0 Å². The fraction of sp³-hybridized carbons (Fsp3) is 0.350. The highest BCUT2D eigenvalue weighted by Gasteiger charge is 2.29. The minimum atomic E-state index is -0.425. The van der Waals surface area contributed by atoms with Crippen molar-refractivity contribution in [3.05, 3.63) is 64.4 Å². The molecular weight excluding hydrogens is 355 g/mol. The molecule has 3 rings (SSSR count). The fourth-order valence-corrected chi connectivity index (χ4v) is 3.37. The van der Waals surface area contributed by atoms with Crippen LogP contribution in [0.5, 0.6) is 5.75 Å². The van der Waals surface area contributed by atoms with Crippen LogP contribution in [-0.4, -0.2) is 25.1 Å². The van der Waals surface area contributed by atoms with E-state index in [1.54, 1.807) is 13.2 Å². The minimum Gasteiger partial charge on any atom is -0.497 e. The first kappa shape index (κ1) is 18.7. The molecule has 0 heterocycles. The smallest absolute Gasteiger partial charge is 0.224 e. The van der Waals surface area contributed by atoms with Crippen LogP contribution in [0.4, 0.5) is 4.39 Å². The molecular formula is C20H22ClFN2O2. The number of hydrogen-bond donors (Lipinski definition) is 2. The number of amides is 1. The zero-order valence-corrected chi connectivity index (χ0v) is 15.4. The Balaban J connectivity index is 1.39. The standard InChI is InChI=1S/C20H22ClFN2O2/c1-26-19-4-2-3-13(7-19)12-23-17-10-18(11-17)24-20(25)8-14-5-15(21)9-16(22)6-14/h2-7,9,17-18,23H,8,10-12H2,1H3,(H,24,25). The summed E-state index contributed by atoms with van der Waals surface area (Å²) in [6.45, 7) is 0.768. The van der Waals surface area contributed by atoms with E-state index < -0.39 is 5.82 Å². The molecule has 2 N–H and O–H groups in total. The Labute approximate surface area is 157 Å². The van der Waals surface area contributed by atoms with E-state index in [9.17, 15) is 9.18 Å². The highest BCUT2D eigenvalue weighted by Crippen LogP contribution is 2.21. The van der Waals surface area contributed by atoms with Crippen molar-refractivity contribution in [3.63, 3.8) is 0 Å². The number of halogens is 2. The molecule has 1 amide bonds. The Bertz CT molecular complexity index is 758. The van der Waals surface area contributed by atoms with Gasteiger partial charge < -0.3 is 15.4 Å². The number of ether oxygens (including phenoxy) is 1. The molecule has 0 saturated heterocycles. The average Bonchev–Trinajstić information content (AvgIpc) is 2.56. The Kier molecular flexibility index (Phi) is 6.12. The van der Waals surface area contributed by atoms with Gasteiger partial charge in [-0.3, -0.25) is 4.79 Å². The van der Waals surface area contributed by atoms with E-state index in [0.717, 1.165) is 25.1 Å². The van der Waals surface area contributed by atoms with Crippen molar-refractivity contribution in [2.75, 3.05) is 7.11 Å². The summed E-state index contributed by atoms with van der Waals surface area (Å²) in [7, 11) is 1.66. The number of methoxy groups -OCH3 is 1. The fourth-order valence-electron chi connectivity index (χ4n) is 3.12. The van der Waals surface area contributed by atoms with Crippen LogP contribution in [0, 0.1) is 5.82 Å². The van der Waals surface area contributed by atoms with Crippen LogP contribution in [0.1, 0.15) is 24.0 Å². The number of nitrogens with one attached hydrogen (secondary N) is 2. The van der Waals surface area contributed by atoms with Crippen LogP contribution in [0.2, 0.25) is 5.02 Å². The van der Waals surface area contributed by atoms with Gasteiger partial charge in [-0.05, 0) is 54.3 Å². The molecule has 1 aliphatic rings. The van der Waals surface area contributed by atoms with Crippen molar-refractivity contribution in [1.29, 1.82) is 0 Å². The summed E-state index contributed by atoms with van der Waals surface area (Å²) >= 11 is 5.81. The predicted octanol–water partition coefficient (Wildman–Crippen LogP) is 3.47. The maximum atomic E-state index is 13.3. The largest absolute Gasteiger partial charge is 0.497 e. The first-order chi connectivity index (χ1) is 12.5. The molecule has 0 spiro atoms. The normalized spacial score (nSPS) is 18.9. The van der Waals surface area contributed by atoms with Crippen LogP contribution in [0.25, 0.3) is 0 Å². The molecule has 1 aliphatic carbocycles. The SMILES string of the molecule is COc1cccc(CNC2CC(NC(=O)Cc3cc(F)cc(Cl)c3)C2)c1. The Morgan fingerprint density at radius 3 is 2.73 bits per heavy atom. The molecule has 1 saturated carbocycles. The Morgan fingerprint density at radius 2 is 2.00 bits per heavy atom. The third-order valence-corrected chi connectivity index (χ3v) is 4.74. The number of benzene rings is 2. The van der Waals surface area contributed by atoms with E-state index in [4.69, 9.17) is 16.3 Å². The van der Waals surface area contributed by atoms with Crippen LogP contribution in [-0.2, 0) is 17.8 Å². The van der Waals surface area contributed by atoms with Crippen molar-refractivity contribution in [1.82, 2.24) is 10.6 Å². The van der Waals surface area contributed by atoms with Gasteiger partial charge in [-0.25, -0.2) is 4.39 Å². The number of hydrogen-bond acceptors (Lipinski definition) is 3. The Morgan fingerprint density at radius 1 is 1.19 bits per heavy atom. The molecule has 6 heteroatoms. The summed E-state index contributed by atoms with van der Waals surface area (Å²) < 4.78 is 18.5. The minimum absolute atomic E-state index is 0.108. The summed E-state index contributed by atoms with van der Waals surface area (Å²) in [4.78, 5) is 12.1. The maximum Gasteiger partial charge on any atom is 0.224 e. The van der Waals surface area contributed by atoms with Gasteiger partial charge in [0.2, 0.25) is 5.91 Å². The average molecular weight is 377 g/mol. The lowest BCUT2D eigenvalue weighted by Crippen LogP contribution is -2.52. The third kappa shape index (κ3) is 5.19. The summed E-state index contributed by atoms with van der Waals surface area (Å²) in [5, 5.41) is 6.77. The molecule has 0 atom stereocenters. The lowest BCUT2D eigenvalue weighted by molar-refractivity contribution is -0.121. The summed E-state index contributed by atoms with van der Waals surface area (Å²) in [6.07, 6.45) is 1.91. The van der Waals surface area contributed by atoms with Gasteiger partial charge in [-0.1, -0.05) is 23.7 Å². The van der Waals surface area contributed by atoms with Crippen LogP contribution < -0.4 is 15.4 Å². The molecule has 2 aromatic carbocycles. The second-order valence-corrected chi connectivity index (χ2v) is 7.06. The van der Waals surface area contributed by atoms with Gasteiger partial charge in [0.1, 0.15) is 11.6 Å². The van der Waals surface area contributed by atoms with Gasteiger partial charge in [0.25, 0.3) is 0 Å². The molecule has 0 unspecified atom stereocenters. The van der Waals surface area contributed by atoms with Crippen molar-refractivity contribution < 1.29 is 13.9 Å². The van der Waals surface area contributed by atoms with E-state index in [-0.39, 0.29) is 18.4 Å². The quantitative estimate of drug-likeness (QED) is 0.778. The topological polar surface area (TPSA) is 50.4 Å². The van der Waals surface area contributed by atoms with Gasteiger partial charge in [-0.2, -0.15) is 0 Å². The van der Waals surface area contributed by atoms with Crippen molar-refractivity contribution in [3.8, 4) is 5.75 Å². The van der Waals surface area contributed by atoms with E-state index >= 15 is 0 Å². The highest BCUT2D eigenvalue weighted by atomic mass is 35.5. The second-order valence-electron chi connectivity index (χ2n) is 6.62. The van der Waals surface area contributed by atoms with E-state index in [1.807, 2.05) is 18.2 Å². The van der Waals surface area contributed by atoms with E-state index in [1.165, 1.54) is 17.7 Å². The van der Waals surface area contributed by atoms with Gasteiger partial charge >= 0.3 is 0 Å². The molecule has 2 aromatic rings. The number of carbonyl (C=O) groups is 1. The monoisotopic (exact) mass is 376 g/mol. The summed E-state index contributed by atoms with van der Waals surface area (Å²) in [5.74, 6) is 0.314. The van der Waals surface area contributed by atoms with Gasteiger partial charge in [0.15, 0.2) is 0 Å². The molecule has 138 valence electrons. The van der Waals surface area contributed by atoms with Gasteiger partial charge in [0, 0.05) is 23.7 Å². The molecule has 0 aliphatic heterocycles. The van der Waals surface area contributed by atoms with Crippen LogP contribution >= 0.6 is 11.6 Å². The molecule has 0 aromatic heterocycles. The number of rotatable bonds is 7. The lowest BCUT2D eigenvalue weighted by Gasteiger charge is -2.36. The van der Waals surface area contributed by atoms with Crippen molar-refractivity contribution in [2.45, 2.75) is 37.9 Å². The number of carbonyl (C=O) groups excluding carboxylic acids is 1. The molecule has 26 heavy (non-hydrogen) atoms. The third-order valence-electron chi connectivity index (χ3n) is 4.52. The first-order valence-corrected chi connectivity index (χ1v) is 9.00. The van der Waals surface area contributed by atoms with Crippen molar-refractivity contribution >= 4 is 17.5 Å². The predicted molar refractivity (Wildman–Crippen MR) is 99.9 cm³/mol. The van der Waals surface area contributed by atoms with Crippen molar-refractivity contribution in [2.24, 2.45) is 0 Å². The van der Waals surface area contributed by atoms with Crippen LogP contribution in [0.15, 0.2) is 42.5 Å². The molecule has 4 nitrogen and oxygen atoms in total.